The minimum atomic E-state index is -0.508. The van der Waals surface area contributed by atoms with E-state index in [4.69, 9.17) is 4.52 Å². The van der Waals surface area contributed by atoms with Crippen LogP contribution < -0.4 is 0 Å². The molecule has 0 saturated heterocycles. The van der Waals surface area contributed by atoms with E-state index in [2.05, 4.69) is 35.5 Å². The number of aliphatic hydroxyl groups excluding tert-OH is 1. The summed E-state index contributed by atoms with van der Waals surface area (Å²) in [6.45, 7) is 12.4. The lowest BCUT2D eigenvalue weighted by Crippen LogP contribution is -2.34. The van der Waals surface area contributed by atoms with Crippen molar-refractivity contribution in [3.8, 4) is 0 Å². The van der Waals surface area contributed by atoms with Gasteiger partial charge in [-0.15, -0.1) is 0 Å². The van der Waals surface area contributed by atoms with Crippen molar-refractivity contribution in [2.45, 2.75) is 39.7 Å². The number of likely N-dealkylation sites (N-methyl/N-ethyl adjacent to an activating group) is 1. The van der Waals surface area contributed by atoms with Crippen LogP contribution in [0, 0.1) is 0 Å². The Kier molecular flexibility index (Phi) is 8.40. The lowest BCUT2D eigenvalue weighted by molar-refractivity contribution is 0.108. The average molecular weight is 305 g/mol. The molecule has 5 nitrogen and oxygen atoms in total. The normalized spacial score (nSPS) is 14.0. The summed E-state index contributed by atoms with van der Waals surface area (Å²) in [5, 5.41) is 14.1. The Bertz CT molecular complexity index is 506. The number of aromatic nitrogens is 2. The van der Waals surface area contributed by atoms with Gasteiger partial charge in [-0.1, -0.05) is 49.9 Å². The molecule has 1 heterocycles. The third-order valence-corrected chi connectivity index (χ3v) is 3.28. The van der Waals surface area contributed by atoms with E-state index in [1.165, 1.54) is 0 Å². The fraction of sp³-hybridized carbons (Fsp3) is 0.529. The molecule has 0 aliphatic rings. The second-order valence-electron chi connectivity index (χ2n) is 5.11. The Morgan fingerprint density at radius 3 is 2.82 bits per heavy atom. The van der Waals surface area contributed by atoms with Crippen LogP contribution in [0.2, 0.25) is 0 Å². The van der Waals surface area contributed by atoms with Crippen LogP contribution in [0.3, 0.4) is 0 Å². The Morgan fingerprint density at radius 2 is 2.23 bits per heavy atom. The van der Waals surface area contributed by atoms with Crippen LogP contribution in [0.15, 0.2) is 35.4 Å². The zero-order chi connectivity index (χ0) is 16.4. The number of hydrogen-bond acceptors (Lipinski definition) is 5. The molecule has 5 heteroatoms. The molecule has 1 N–H and O–H groups in total. The van der Waals surface area contributed by atoms with Crippen LogP contribution in [0.25, 0.3) is 5.57 Å². The highest BCUT2D eigenvalue weighted by Gasteiger charge is 2.15. The smallest absolute Gasteiger partial charge is 0.229 e. The molecule has 1 aromatic rings. The molecule has 0 aliphatic heterocycles. The lowest BCUT2D eigenvalue weighted by Gasteiger charge is -2.22. The zero-order valence-electron chi connectivity index (χ0n) is 13.8. The summed E-state index contributed by atoms with van der Waals surface area (Å²) in [5.74, 6) is 0.944. The van der Waals surface area contributed by atoms with E-state index in [-0.39, 0.29) is 0 Å². The van der Waals surface area contributed by atoms with Crippen molar-refractivity contribution in [3.05, 3.63) is 42.6 Å². The van der Waals surface area contributed by atoms with Crippen LogP contribution in [0.5, 0.6) is 0 Å². The maximum Gasteiger partial charge on any atom is 0.229 e. The fourth-order valence-corrected chi connectivity index (χ4v) is 2.15. The lowest BCUT2D eigenvalue weighted by atomic mass is 10.2. The molecule has 0 amide bonds. The molecule has 122 valence electrons. The van der Waals surface area contributed by atoms with Crippen LogP contribution >= 0.6 is 0 Å². The van der Waals surface area contributed by atoms with Gasteiger partial charge in [0.25, 0.3) is 0 Å². The van der Waals surface area contributed by atoms with Crippen molar-refractivity contribution in [1.29, 1.82) is 0 Å². The van der Waals surface area contributed by atoms with Crippen LogP contribution in [-0.2, 0) is 6.42 Å². The van der Waals surface area contributed by atoms with Gasteiger partial charge < -0.3 is 14.5 Å². The molecular weight excluding hydrogens is 278 g/mol. The molecule has 0 fully saturated rings. The van der Waals surface area contributed by atoms with Crippen LogP contribution in [0.4, 0.5) is 0 Å². The minimum Gasteiger partial charge on any atom is -0.391 e. The summed E-state index contributed by atoms with van der Waals surface area (Å²) in [7, 11) is 0. The maximum atomic E-state index is 10.2. The van der Waals surface area contributed by atoms with Gasteiger partial charge in [-0.3, -0.25) is 0 Å². The van der Waals surface area contributed by atoms with Crippen molar-refractivity contribution < 1.29 is 9.63 Å². The monoisotopic (exact) mass is 305 g/mol. The number of allylic oxidation sites excluding steroid dienone is 5. The summed E-state index contributed by atoms with van der Waals surface area (Å²) >= 11 is 0. The SMILES string of the molecule is C=C/C(=C\C=C/C)c1noc(CC(O)CN(CC)CCC)n1. The van der Waals surface area contributed by atoms with E-state index in [0.717, 1.165) is 25.1 Å². The van der Waals surface area contributed by atoms with Crippen LogP contribution in [0.1, 0.15) is 38.9 Å². The van der Waals surface area contributed by atoms with Crippen molar-refractivity contribution in [2.75, 3.05) is 19.6 Å². The molecule has 0 radical (unpaired) electrons. The number of hydrogen-bond donors (Lipinski definition) is 1. The van der Waals surface area contributed by atoms with Gasteiger partial charge in [-0.05, 0) is 26.4 Å². The summed E-state index contributed by atoms with van der Waals surface area (Å²) in [6, 6.07) is 0. The first-order chi connectivity index (χ1) is 10.6. The summed E-state index contributed by atoms with van der Waals surface area (Å²) in [4.78, 5) is 6.54. The quantitative estimate of drug-likeness (QED) is 0.673. The highest BCUT2D eigenvalue weighted by Crippen LogP contribution is 2.13. The van der Waals surface area contributed by atoms with Crippen molar-refractivity contribution in [1.82, 2.24) is 15.0 Å². The Labute approximate surface area is 133 Å². The Morgan fingerprint density at radius 1 is 1.45 bits per heavy atom. The second-order valence-corrected chi connectivity index (χ2v) is 5.11. The molecule has 0 spiro atoms. The molecule has 1 rings (SSSR count). The summed E-state index contributed by atoms with van der Waals surface area (Å²) < 4.78 is 5.22. The van der Waals surface area contributed by atoms with Gasteiger partial charge >= 0.3 is 0 Å². The number of aliphatic hydroxyl groups is 1. The highest BCUT2D eigenvalue weighted by molar-refractivity contribution is 5.69. The topological polar surface area (TPSA) is 62.4 Å². The molecule has 1 aromatic heterocycles. The fourth-order valence-electron chi connectivity index (χ4n) is 2.15. The van der Waals surface area contributed by atoms with E-state index >= 15 is 0 Å². The van der Waals surface area contributed by atoms with E-state index in [9.17, 15) is 5.11 Å². The predicted octanol–water partition coefficient (Wildman–Crippen LogP) is 2.85. The van der Waals surface area contributed by atoms with Crippen molar-refractivity contribution >= 4 is 5.57 Å². The molecule has 0 bridgehead atoms. The first-order valence-electron chi connectivity index (χ1n) is 7.83. The Hall–Kier alpha value is -1.72. The zero-order valence-corrected chi connectivity index (χ0v) is 13.8. The maximum absolute atomic E-state index is 10.2. The number of rotatable bonds is 10. The minimum absolute atomic E-state index is 0.362. The van der Waals surface area contributed by atoms with Crippen LogP contribution in [-0.4, -0.2) is 45.9 Å². The van der Waals surface area contributed by atoms with Gasteiger partial charge in [-0.25, -0.2) is 0 Å². The molecule has 22 heavy (non-hydrogen) atoms. The number of nitrogens with zero attached hydrogens (tertiary/aromatic N) is 3. The average Bonchev–Trinajstić information content (AvgIpc) is 2.95. The molecule has 1 unspecified atom stereocenters. The largest absolute Gasteiger partial charge is 0.391 e. The van der Waals surface area contributed by atoms with E-state index in [1.807, 2.05) is 25.2 Å². The van der Waals surface area contributed by atoms with E-state index in [0.29, 0.717) is 24.7 Å². The molecule has 0 aromatic carbocycles. The van der Waals surface area contributed by atoms with Crippen molar-refractivity contribution in [3.63, 3.8) is 0 Å². The van der Waals surface area contributed by atoms with Gasteiger partial charge in [0, 0.05) is 12.1 Å². The van der Waals surface area contributed by atoms with Gasteiger partial charge in [0.1, 0.15) is 0 Å². The van der Waals surface area contributed by atoms with Gasteiger partial charge in [0.15, 0.2) is 0 Å². The van der Waals surface area contributed by atoms with E-state index < -0.39 is 6.10 Å². The van der Waals surface area contributed by atoms with Gasteiger partial charge in [0.2, 0.25) is 11.7 Å². The first-order valence-corrected chi connectivity index (χ1v) is 7.83. The second kappa shape index (κ2) is 10.1. The third kappa shape index (κ3) is 5.95. The van der Waals surface area contributed by atoms with Gasteiger partial charge in [-0.2, -0.15) is 4.98 Å². The first kappa shape index (κ1) is 18.3. The summed E-state index contributed by atoms with van der Waals surface area (Å²) in [5.41, 5.74) is 0.795. The predicted molar refractivity (Wildman–Crippen MR) is 89.4 cm³/mol. The standard InChI is InChI=1S/C17H27N3O2/c1-5-9-10-14(7-3)17-18-16(22-19-17)12-15(21)13-20(8-4)11-6-2/h5,7,9-10,15,21H,3,6,8,11-13H2,1-2,4H3/b9-5-,14-10+. The third-order valence-electron chi connectivity index (χ3n) is 3.28. The van der Waals surface area contributed by atoms with Crippen molar-refractivity contribution in [2.24, 2.45) is 0 Å². The molecular formula is C17H27N3O2. The molecule has 0 aliphatic carbocycles. The summed E-state index contributed by atoms with van der Waals surface area (Å²) in [6.07, 6.45) is 8.30. The highest BCUT2D eigenvalue weighted by atomic mass is 16.5. The van der Waals surface area contributed by atoms with E-state index in [1.54, 1.807) is 6.08 Å². The molecule has 1 atom stereocenters. The van der Waals surface area contributed by atoms with Gasteiger partial charge in [0.05, 0.1) is 12.5 Å². The Balaban J connectivity index is 2.66. The molecule has 0 saturated carbocycles.